The lowest BCUT2D eigenvalue weighted by Crippen LogP contribution is -2.15. The van der Waals surface area contributed by atoms with Gasteiger partial charge >= 0.3 is 11.9 Å². The van der Waals surface area contributed by atoms with E-state index in [1.807, 2.05) is 60.7 Å². The number of carboxylic acids is 2. The number of nitrogens with one attached hydrogen (secondary N) is 2. The van der Waals surface area contributed by atoms with Crippen LogP contribution in [0.15, 0.2) is 125 Å². The summed E-state index contributed by atoms with van der Waals surface area (Å²) in [6.45, 7) is 0.0654. The minimum absolute atomic E-state index is 0.00926. The van der Waals surface area contributed by atoms with E-state index in [0.29, 0.717) is 39.0 Å². The Labute approximate surface area is 294 Å². The molecule has 4 aromatic carbocycles. The van der Waals surface area contributed by atoms with Crippen LogP contribution in [0.3, 0.4) is 0 Å². The van der Waals surface area contributed by atoms with Crippen LogP contribution in [-0.2, 0) is 13.1 Å². The molecule has 2 aromatic heterocycles. The second-order valence-electron chi connectivity index (χ2n) is 12.2. The van der Waals surface area contributed by atoms with Gasteiger partial charge in [-0.2, -0.15) is 0 Å². The molecule has 52 heavy (non-hydrogen) atoms. The van der Waals surface area contributed by atoms with Crippen LogP contribution in [0.25, 0.3) is 55.2 Å². The number of benzene rings is 5. The Balaban J connectivity index is 1.36. The van der Waals surface area contributed by atoms with Gasteiger partial charge in [0.1, 0.15) is 17.1 Å². The number of hydrogen-bond donors (Lipinski definition) is 5. The van der Waals surface area contributed by atoms with E-state index < -0.39 is 11.9 Å². The smallest absolute Gasteiger partial charge is 0.336 e. The third kappa shape index (κ3) is 5.56. The molecular weight excluding hydrogens is 660 g/mol. The summed E-state index contributed by atoms with van der Waals surface area (Å²) in [4.78, 5) is 47.4. The standard InChI is InChI=1S/C41H28N4O7/c46-33-15-13-26-35(28-19-24(40(48)49)11-12-25(28)41(50)51)27-14-16-34(47)30(21-45-32-10-2-6-23-8-4-18-43-37(23)32)39(27)52-38(26)29(33)20-44-31-9-1-5-22-7-3-17-42-36(22)31/h1-19,44-46H,20-21H2,(H,48,49)(H,50,51). The first-order chi connectivity index (χ1) is 25.3. The van der Waals surface area contributed by atoms with Crippen molar-refractivity contribution in [3.8, 4) is 28.2 Å². The summed E-state index contributed by atoms with van der Waals surface area (Å²) in [5, 5.41) is 40.4. The number of fused-ring (bicyclic) bond motifs is 4. The molecule has 6 aromatic rings. The van der Waals surface area contributed by atoms with E-state index in [4.69, 9.17) is 4.42 Å². The van der Waals surface area contributed by atoms with Gasteiger partial charge in [0.05, 0.1) is 44.7 Å². The molecule has 1 aliphatic heterocycles. The van der Waals surface area contributed by atoms with Gasteiger partial charge in [-0.05, 0) is 72.3 Å². The summed E-state index contributed by atoms with van der Waals surface area (Å²) in [6, 6.07) is 28.7. The van der Waals surface area contributed by atoms with Gasteiger partial charge in [0.2, 0.25) is 0 Å². The third-order valence-corrected chi connectivity index (χ3v) is 9.14. The van der Waals surface area contributed by atoms with Gasteiger partial charge in [0, 0.05) is 52.8 Å². The van der Waals surface area contributed by atoms with E-state index in [-0.39, 0.29) is 57.9 Å². The van der Waals surface area contributed by atoms with Gasteiger partial charge in [-0.15, -0.1) is 0 Å². The zero-order valence-corrected chi connectivity index (χ0v) is 27.3. The fourth-order valence-corrected chi connectivity index (χ4v) is 6.66. The molecule has 2 aliphatic rings. The van der Waals surface area contributed by atoms with Crippen molar-refractivity contribution in [1.82, 2.24) is 9.97 Å². The van der Waals surface area contributed by atoms with Crippen molar-refractivity contribution < 1.29 is 29.3 Å². The number of pyridine rings is 2. The van der Waals surface area contributed by atoms with E-state index in [1.54, 1.807) is 24.5 Å². The Kier molecular flexibility index (Phi) is 7.92. The van der Waals surface area contributed by atoms with Gasteiger partial charge in [0.25, 0.3) is 0 Å². The normalized spacial score (nSPS) is 11.3. The Hall–Kier alpha value is -7.27. The summed E-state index contributed by atoms with van der Waals surface area (Å²) in [6.07, 6.45) is 3.37. The van der Waals surface area contributed by atoms with Crippen molar-refractivity contribution in [2.75, 3.05) is 10.6 Å². The van der Waals surface area contributed by atoms with E-state index in [1.165, 1.54) is 30.3 Å². The van der Waals surface area contributed by atoms with Crippen molar-refractivity contribution in [3.63, 3.8) is 0 Å². The monoisotopic (exact) mass is 688 g/mol. The molecule has 0 fully saturated rings. The summed E-state index contributed by atoms with van der Waals surface area (Å²) in [5.41, 5.74) is 3.75. The van der Waals surface area contributed by atoms with Crippen LogP contribution in [-0.4, -0.2) is 37.2 Å². The molecule has 5 N–H and O–H groups in total. The number of carboxylic acid groups (broad SMARTS) is 2. The zero-order valence-electron chi connectivity index (χ0n) is 27.3. The molecule has 1 aliphatic carbocycles. The molecule has 0 bridgehead atoms. The molecule has 8 rings (SSSR count). The van der Waals surface area contributed by atoms with E-state index in [2.05, 4.69) is 20.6 Å². The summed E-state index contributed by atoms with van der Waals surface area (Å²) < 4.78 is 6.63. The Morgan fingerprint density at radius 1 is 0.673 bits per heavy atom. The number of hydrogen-bond acceptors (Lipinski definition) is 9. The highest BCUT2D eigenvalue weighted by Crippen LogP contribution is 2.45. The molecule has 0 amide bonds. The average Bonchev–Trinajstić information content (AvgIpc) is 3.16. The third-order valence-electron chi connectivity index (χ3n) is 9.14. The number of rotatable bonds is 9. The summed E-state index contributed by atoms with van der Waals surface area (Å²) in [5.74, 6) is -2.48. The second kappa shape index (κ2) is 12.9. The van der Waals surface area contributed by atoms with Crippen molar-refractivity contribution >= 4 is 56.1 Å². The highest BCUT2D eigenvalue weighted by atomic mass is 16.4. The molecule has 0 saturated carbocycles. The quantitative estimate of drug-likeness (QED) is 0.0930. The average molecular weight is 689 g/mol. The van der Waals surface area contributed by atoms with Crippen molar-refractivity contribution in [3.05, 3.63) is 148 Å². The fourth-order valence-electron chi connectivity index (χ4n) is 6.66. The number of phenolic OH excluding ortho intramolecular Hbond substituents is 1. The van der Waals surface area contributed by atoms with Crippen LogP contribution in [0.4, 0.5) is 11.4 Å². The number of nitrogens with zero attached hydrogens (tertiary/aromatic N) is 2. The van der Waals surface area contributed by atoms with Gasteiger partial charge in [-0.3, -0.25) is 14.8 Å². The molecule has 0 saturated heterocycles. The first kappa shape index (κ1) is 32.0. The highest BCUT2D eigenvalue weighted by molar-refractivity contribution is 6.09. The molecule has 3 heterocycles. The minimum atomic E-state index is -1.27. The second-order valence-corrected chi connectivity index (χ2v) is 12.2. The highest BCUT2D eigenvalue weighted by Gasteiger charge is 2.27. The summed E-state index contributed by atoms with van der Waals surface area (Å²) in [7, 11) is 0. The van der Waals surface area contributed by atoms with Crippen LogP contribution in [0.1, 0.15) is 31.8 Å². The maximum Gasteiger partial charge on any atom is 0.336 e. The lowest BCUT2D eigenvalue weighted by molar-refractivity contribution is 0.0682. The molecule has 0 spiro atoms. The molecule has 11 heteroatoms. The molecule has 11 nitrogen and oxygen atoms in total. The van der Waals surface area contributed by atoms with Crippen molar-refractivity contribution in [2.45, 2.75) is 13.1 Å². The number of para-hydroxylation sites is 2. The van der Waals surface area contributed by atoms with Crippen LogP contribution in [0, 0.1) is 0 Å². The molecule has 254 valence electrons. The maximum atomic E-state index is 13.7. The molecular formula is C41H28N4O7. The SMILES string of the molecule is O=C(O)c1ccc(C(=O)O)c(-c2c3ccc(=O)c(CNc4cccc5cccnc45)c-3oc3c(CNc4cccc5cccnc45)c(O)ccc23)c1. The lowest BCUT2D eigenvalue weighted by atomic mass is 9.87. The molecule has 0 radical (unpaired) electrons. The van der Waals surface area contributed by atoms with Crippen LogP contribution in [0.5, 0.6) is 5.75 Å². The fraction of sp³-hybridized carbons (Fsp3) is 0.0488. The molecule has 0 unspecified atom stereocenters. The van der Waals surface area contributed by atoms with Crippen molar-refractivity contribution in [1.29, 1.82) is 0 Å². The minimum Gasteiger partial charge on any atom is -0.507 e. The number of carbonyl (C=O) groups is 2. The number of aromatic carboxylic acids is 2. The number of phenols is 1. The van der Waals surface area contributed by atoms with Crippen LogP contribution >= 0.6 is 0 Å². The number of aromatic nitrogens is 2. The Morgan fingerprint density at radius 3 is 1.94 bits per heavy atom. The molecule has 0 atom stereocenters. The predicted molar refractivity (Wildman–Crippen MR) is 198 cm³/mol. The first-order valence-corrected chi connectivity index (χ1v) is 16.3. The van der Waals surface area contributed by atoms with Gasteiger partial charge < -0.3 is 30.4 Å². The maximum absolute atomic E-state index is 13.7. The Morgan fingerprint density at radius 2 is 1.31 bits per heavy atom. The topological polar surface area (TPSA) is 175 Å². The Bertz CT molecular complexity index is 2750. The van der Waals surface area contributed by atoms with Crippen LogP contribution in [0.2, 0.25) is 0 Å². The van der Waals surface area contributed by atoms with E-state index in [9.17, 15) is 29.7 Å². The summed E-state index contributed by atoms with van der Waals surface area (Å²) >= 11 is 0. The number of anilines is 2. The lowest BCUT2D eigenvalue weighted by Gasteiger charge is -2.21. The predicted octanol–water partition coefficient (Wildman–Crippen LogP) is 7.99. The van der Waals surface area contributed by atoms with Gasteiger partial charge in [0.15, 0.2) is 5.43 Å². The van der Waals surface area contributed by atoms with Crippen LogP contribution < -0.4 is 16.1 Å². The first-order valence-electron chi connectivity index (χ1n) is 16.3. The van der Waals surface area contributed by atoms with E-state index in [0.717, 1.165) is 16.3 Å². The van der Waals surface area contributed by atoms with E-state index >= 15 is 0 Å². The van der Waals surface area contributed by atoms with Gasteiger partial charge in [-0.1, -0.05) is 36.4 Å². The largest absolute Gasteiger partial charge is 0.507 e. The van der Waals surface area contributed by atoms with Crippen molar-refractivity contribution in [2.24, 2.45) is 0 Å². The van der Waals surface area contributed by atoms with Gasteiger partial charge in [-0.25, -0.2) is 9.59 Å². The zero-order chi connectivity index (χ0) is 35.9. The number of aromatic hydroxyl groups is 1.